The highest BCUT2D eigenvalue weighted by Crippen LogP contribution is 2.25. The smallest absolute Gasteiger partial charge is 0.421 e. The predicted molar refractivity (Wildman–Crippen MR) is 62.5 cm³/mol. The SMILES string of the molecule is COC(=O)NS(=O)(=O)NCC1(N)CCCCC1. The second-order valence-corrected chi connectivity index (χ2v) is 5.84. The molecule has 7 nitrogen and oxygen atoms in total. The van der Waals surface area contributed by atoms with Gasteiger partial charge in [0.25, 0.3) is 0 Å². The van der Waals surface area contributed by atoms with Gasteiger partial charge in [0.05, 0.1) is 7.11 Å². The van der Waals surface area contributed by atoms with E-state index in [9.17, 15) is 13.2 Å². The fourth-order valence-electron chi connectivity index (χ4n) is 1.86. The number of rotatable bonds is 4. The van der Waals surface area contributed by atoms with Crippen molar-refractivity contribution in [2.24, 2.45) is 5.73 Å². The monoisotopic (exact) mass is 265 g/mol. The highest BCUT2D eigenvalue weighted by Gasteiger charge is 2.29. The van der Waals surface area contributed by atoms with Crippen LogP contribution in [0.15, 0.2) is 0 Å². The third-order valence-corrected chi connectivity index (χ3v) is 3.83. The van der Waals surface area contributed by atoms with Crippen molar-refractivity contribution in [2.75, 3.05) is 13.7 Å². The first kappa shape index (κ1) is 14.2. The lowest BCUT2D eigenvalue weighted by Crippen LogP contribution is -2.53. The van der Waals surface area contributed by atoms with Crippen molar-refractivity contribution >= 4 is 16.3 Å². The van der Waals surface area contributed by atoms with Crippen molar-refractivity contribution in [2.45, 2.75) is 37.6 Å². The molecule has 1 aliphatic carbocycles. The van der Waals surface area contributed by atoms with Crippen molar-refractivity contribution in [3.8, 4) is 0 Å². The topological polar surface area (TPSA) is 111 Å². The van der Waals surface area contributed by atoms with Crippen molar-refractivity contribution in [3.05, 3.63) is 0 Å². The van der Waals surface area contributed by atoms with Crippen molar-refractivity contribution in [1.82, 2.24) is 9.44 Å². The molecule has 17 heavy (non-hydrogen) atoms. The standard InChI is InChI=1S/C9H19N3O4S/c1-16-8(13)12-17(14,15)11-7-9(10)5-3-2-4-6-9/h11H,2-7,10H2,1H3,(H,12,13). The molecule has 0 spiro atoms. The van der Waals surface area contributed by atoms with Crippen LogP contribution in [0.25, 0.3) is 0 Å². The summed E-state index contributed by atoms with van der Waals surface area (Å²) in [5.74, 6) is 0. The van der Waals surface area contributed by atoms with Crippen LogP contribution in [0.3, 0.4) is 0 Å². The molecule has 8 heteroatoms. The molecule has 100 valence electrons. The molecule has 4 N–H and O–H groups in total. The van der Waals surface area contributed by atoms with Crippen LogP contribution in [-0.4, -0.2) is 33.7 Å². The normalized spacial score (nSPS) is 19.6. The zero-order valence-electron chi connectivity index (χ0n) is 9.86. The molecule has 1 aliphatic rings. The number of nitrogens with two attached hydrogens (primary N) is 1. The molecule has 0 atom stereocenters. The molecule has 0 heterocycles. The zero-order valence-corrected chi connectivity index (χ0v) is 10.7. The maximum absolute atomic E-state index is 11.4. The Labute approximate surface area is 101 Å². The van der Waals surface area contributed by atoms with E-state index in [1.807, 2.05) is 0 Å². The Balaban J connectivity index is 2.46. The number of hydrogen-bond acceptors (Lipinski definition) is 5. The summed E-state index contributed by atoms with van der Waals surface area (Å²) < 4.78 is 31.0. The molecule has 1 saturated carbocycles. The first-order valence-electron chi connectivity index (χ1n) is 5.51. The first-order chi connectivity index (χ1) is 7.87. The van der Waals surface area contributed by atoms with Crippen LogP contribution in [0.5, 0.6) is 0 Å². The van der Waals surface area contributed by atoms with Gasteiger partial charge in [-0.2, -0.15) is 13.1 Å². The Bertz CT molecular complexity index is 362. The molecule has 1 amide bonds. The van der Waals surface area contributed by atoms with E-state index in [1.54, 1.807) is 4.72 Å². The van der Waals surface area contributed by atoms with Gasteiger partial charge in [-0.15, -0.1) is 0 Å². The maximum atomic E-state index is 11.4. The van der Waals surface area contributed by atoms with Gasteiger partial charge in [-0.1, -0.05) is 19.3 Å². The minimum absolute atomic E-state index is 0.124. The van der Waals surface area contributed by atoms with Crippen molar-refractivity contribution < 1.29 is 17.9 Å². The lowest BCUT2D eigenvalue weighted by atomic mass is 9.83. The van der Waals surface area contributed by atoms with Gasteiger partial charge in [0.15, 0.2) is 0 Å². The number of carbonyl (C=O) groups excluding carboxylic acids is 1. The summed E-state index contributed by atoms with van der Waals surface area (Å²) in [5, 5.41) is 0. The molecule has 0 unspecified atom stereocenters. The predicted octanol–water partition coefficient (Wildman–Crippen LogP) is -0.162. The largest absolute Gasteiger partial charge is 0.452 e. The Morgan fingerprint density at radius 1 is 1.35 bits per heavy atom. The summed E-state index contributed by atoms with van der Waals surface area (Å²) in [6.07, 6.45) is 3.69. The van der Waals surface area contributed by atoms with Gasteiger partial charge >= 0.3 is 16.3 Å². The van der Waals surface area contributed by atoms with Crippen molar-refractivity contribution in [1.29, 1.82) is 0 Å². The van der Waals surface area contributed by atoms with Gasteiger partial charge < -0.3 is 10.5 Å². The lowest BCUT2D eigenvalue weighted by Gasteiger charge is -2.33. The summed E-state index contributed by atoms with van der Waals surface area (Å²) in [6.45, 7) is 0.124. The summed E-state index contributed by atoms with van der Waals surface area (Å²) in [4.78, 5) is 10.8. The Hall–Kier alpha value is -0.860. The van der Waals surface area contributed by atoms with Crippen LogP contribution in [0.1, 0.15) is 32.1 Å². The molecule has 0 aliphatic heterocycles. The van der Waals surface area contributed by atoms with E-state index in [4.69, 9.17) is 5.73 Å². The van der Waals surface area contributed by atoms with E-state index in [2.05, 4.69) is 9.46 Å². The number of hydrogen-bond donors (Lipinski definition) is 3. The minimum Gasteiger partial charge on any atom is -0.452 e. The fraction of sp³-hybridized carbons (Fsp3) is 0.889. The minimum atomic E-state index is -3.88. The Morgan fingerprint density at radius 2 is 1.94 bits per heavy atom. The lowest BCUT2D eigenvalue weighted by molar-refractivity contribution is 0.177. The van der Waals surface area contributed by atoms with Crippen LogP contribution < -0.4 is 15.2 Å². The van der Waals surface area contributed by atoms with Crippen LogP contribution in [0, 0.1) is 0 Å². The molecule has 0 saturated heterocycles. The third-order valence-electron chi connectivity index (χ3n) is 2.87. The molecule has 0 aromatic heterocycles. The quantitative estimate of drug-likeness (QED) is 0.654. The van der Waals surface area contributed by atoms with Gasteiger partial charge in [-0.3, -0.25) is 0 Å². The summed E-state index contributed by atoms with van der Waals surface area (Å²) in [5.41, 5.74) is 5.55. The van der Waals surface area contributed by atoms with E-state index in [0.717, 1.165) is 39.2 Å². The Morgan fingerprint density at radius 3 is 2.47 bits per heavy atom. The molecule has 0 aromatic carbocycles. The van der Waals surface area contributed by atoms with E-state index >= 15 is 0 Å². The maximum Gasteiger partial charge on any atom is 0.421 e. The molecular formula is C9H19N3O4S. The van der Waals surface area contributed by atoms with E-state index in [0.29, 0.717) is 0 Å². The van der Waals surface area contributed by atoms with Gasteiger partial charge in [-0.05, 0) is 12.8 Å². The number of amides is 1. The molecular weight excluding hydrogens is 246 g/mol. The van der Waals surface area contributed by atoms with Crippen LogP contribution in [0.4, 0.5) is 4.79 Å². The van der Waals surface area contributed by atoms with Crippen molar-refractivity contribution in [3.63, 3.8) is 0 Å². The number of carbonyl (C=O) groups is 1. The summed E-state index contributed by atoms with van der Waals surface area (Å²) in [7, 11) is -2.79. The number of ether oxygens (including phenoxy) is 1. The van der Waals surface area contributed by atoms with E-state index in [-0.39, 0.29) is 6.54 Å². The highest BCUT2D eigenvalue weighted by atomic mass is 32.2. The average molecular weight is 265 g/mol. The van der Waals surface area contributed by atoms with Crippen LogP contribution >= 0.6 is 0 Å². The second-order valence-electron chi connectivity index (χ2n) is 4.34. The van der Waals surface area contributed by atoms with Gasteiger partial charge in [0.2, 0.25) is 0 Å². The molecule has 1 fully saturated rings. The fourth-order valence-corrected chi connectivity index (χ4v) is 2.71. The third kappa shape index (κ3) is 4.88. The summed E-state index contributed by atoms with van der Waals surface area (Å²) in [6, 6.07) is 0. The number of nitrogens with one attached hydrogen (secondary N) is 2. The molecule has 1 rings (SSSR count). The first-order valence-corrected chi connectivity index (χ1v) is 6.99. The van der Waals surface area contributed by atoms with Gasteiger partial charge in [0.1, 0.15) is 0 Å². The molecule has 0 aromatic rings. The van der Waals surface area contributed by atoms with E-state index < -0.39 is 21.8 Å². The van der Waals surface area contributed by atoms with Crippen LogP contribution in [0.2, 0.25) is 0 Å². The molecule has 0 bridgehead atoms. The number of methoxy groups -OCH3 is 1. The average Bonchev–Trinajstić information content (AvgIpc) is 2.27. The van der Waals surface area contributed by atoms with E-state index in [1.165, 1.54) is 0 Å². The second kappa shape index (κ2) is 5.65. The van der Waals surface area contributed by atoms with Gasteiger partial charge in [-0.25, -0.2) is 9.52 Å². The Kier molecular flexibility index (Phi) is 4.72. The zero-order chi connectivity index (χ0) is 12.9. The van der Waals surface area contributed by atoms with Crippen LogP contribution in [-0.2, 0) is 14.9 Å². The summed E-state index contributed by atoms with van der Waals surface area (Å²) >= 11 is 0. The highest BCUT2D eigenvalue weighted by molar-refractivity contribution is 7.88. The molecule has 0 radical (unpaired) electrons. The van der Waals surface area contributed by atoms with Gasteiger partial charge in [0, 0.05) is 12.1 Å².